The minimum Gasteiger partial charge on any atom is -0.378 e. The SMILES string of the molecule is Cc1nnn2c1-c1ccc(C3=CCNCC3)cc1C(Nc1cccc(F)c1)CC2. The molecule has 1 unspecified atom stereocenters. The number of halogens is 1. The lowest BCUT2D eigenvalue weighted by molar-refractivity contribution is 0.539. The van der Waals surface area contributed by atoms with E-state index in [9.17, 15) is 4.39 Å². The molecule has 0 fully saturated rings. The number of nitrogens with one attached hydrogen (secondary N) is 2. The van der Waals surface area contributed by atoms with E-state index in [1.165, 1.54) is 22.8 Å². The van der Waals surface area contributed by atoms with E-state index in [0.29, 0.717) is 0 Å². The maximum Gasteiger partial charge on any atom is 0.125 e. The lowest BCUT2D eigenvalue weighted by Gasteiger charge is -2.22. The molecule has 148 valence electrons. The second kappa shape index (κ2) is 7.44. The van der Waals surface area contributed by atoms with Gasteiger partial charge in [0, 0.05) is 24.3 Å². The first-order valence-electron chi connectivity index (χ1n) is 10.2. The Morgan fingerprint density at radius 3 is 2.97 bits per heavy atom. The molecule has 6 heteroatoms. The van der Waals surface area contributed by atoms with Crippen molar-refractivity contribution >= 4 is 11.3 Å². The summed E-state index contributed by atoms with van der Waals surface area (Å²) in [5.74, 6) is -0.231. The van der Waals surface area contributed by atoms with Crippen LogP contribution in [0.15, 0.2) is 48.5 Å². The van der Waals surface area contributed by atoms with Crippen molar-refractivity contribution in [3.8, 4) is 11.3 Å². The van der Waals surface area contributed by atoms with Crippen LogP contribution < -0.4 is 10.6 Å². The van der Waals surface area contributed by atoms with Gasteiger partial charge in [0.05, 0.1) is 17.4 Å². The summed E-state index contributed by atoms with van der Waals surface area (Å²) in [4.78, 5) is 0. The Morgan fingerprint density at radius 1 is 1.21 bits per heavy atom. The fourth-order valence-electron chi connectivity index (χ4n) is 4.38. The predicted molar refractivity (Wildman–Crippen MR) is 113 cm³/mol. The zero-order chi connectivity index (χ0) is 19.8. The summed E-state index contributed by atoms with van der Waals surface area (Å²) >= 11 is 0. The highest BCUT2D eigenvalue weighted by molar-refractivity contribution is 5.74. The average molecular weight is 389 g/mol. The van der Waals surface area contributed by atoms with Gasteiger partial charge < -0.3 is 10.6 Å². The van der Waals surface area contributed by atoms with Crippen LogP contribution in [0, 0.1) is 12.7 Å². The van der Waals surface area contributed by atoms with Gasteiger partial charge in [0.1, 0.15) is 5.82 Å². The molecular weight excluding hydrogens is 365 g/mol. The molecule has 3 heterocycles. The van der Waals surface area contributed by atoms with Crippen molar-refractivity contribution in [2.45, 2.75) is 32.4 Å². The summed E-state index contributed by atoms with van der Waals surface area (Å²) in [6.45, 7) is 4.68. The molecule has 1 atom stereocenters. The van der Waals surface area contributed by atoms with E-state index in [4.69, 9.17) is 0 Å². The summed E-state index contributed by atoms with van der Waals surface area (Å²) in [5, 5.41) is 15.6. The Kier molecular flexibility index (Phi) is 4.64. The number of hydrogen-bond acceptors (Lipinski definition) is 4. The second-order valence-corrected chi connectivity index (χ2v) is 7.73. The van der Waals surface area contributed by atoms with E-state index in [1.807, 2.05) is 17.7 Å². The molecule has 0 saturated heterocycles. The van der Waals surface area contributed by atoms with E-state index in [-0.39, 0.29) is 11.9 Å². The van der Waals surface area contributed by atoms with Gasteiger partial charge in [-0.3, -0.25) is 0 Å². The molecule has 0 aliphatic carbocycles. The fourth-order valence-corrected chi connectivity index (χ4v) is 4.38. The molecule has 5 nitrogen and oxygen atoms in total. The Balaban J connectivity index is 1.61. The van der Waals surface area contributed by atoms with Crippen LogP contribution in [0.5, 0.6) is 0 Å². The molecule has 0 saturated carbocycles. The monoisotopic (exact) mass is 389 g/mol. The lowest BCUT2D eigenvalue weighted by atomic mass is 9.90. The zero-order valence-corrected chi connectivity index (χ0v) is 16.5. The third kappa shape index (κ3) is 3.44. The predicted octanol–water partition coefficient (Wildman–Crippen LogP) is 4.33. The fraction of sp³-hybridized carbons (Fsp3) is 0.304. The standard InChI is InChI=1S/C23H24FN5/c1-15-23-20-6-5-17(16-7-10-25-11-8-16)13-21(20)22(9-12-29(23)28-27-15)26-19-4-2-3-18(24)14-19/h2-7,13-14,22,25-26H,8-12H2,1H3. The maximum atomic E-state index is 13.7. The topological polar surface area (TPSA) is 54.8 Å². The van der Waals surface area contributed by atoms with Crippen LogP contribution in [-0.4, -0.2) is 28.1 Å². The second-order valence-electron chi connectivity index (χ2n) is 7.73. The van der Waals surface area contributed by atoms with Crippen molar-refractivity contribution in [2.75, 3.05) is 18.4 Å². The van der Waals surface area contributed by atoms with Gasteiger partial charge in [-0.05, 0) is 67.3 Å². The Morgan fingerprint density at radius 2 is 2.14 bits per heavy atom. The minimum atomic E-state index is -0.231. The molecule has 29 heavy (non-hydrogen) atoms. The van der Waals surface area contributed by atoms with Crippen LogP contribution in [0.3, 0.4) is 0 Å². The van der Waals surface area contributed by atoms with Crippen molar-refractivity contribution < 1.29 is 4.39 Å². The maximum absolute atomic E-state index is 13.7. The van der Waals surface area contributed by atoms with Crippen molar-refractivity contribution in [1.29, 1.82) is 0 Å². The third-order valence-corrected chi connectivity index (χ3v) is 5.82. The third-order valence-electron chi connectivity index (χ3n) is 5.82. The number of anilines is 1. The van der Waals surface area contributed by atoms with E-state index in [1.54, 1.807) is 12.1 Å². The largest absolute Gasteiger partial charge is 0.378 e. The van der Waals surface area contributed by atoms with Crippen molar-refractivity contribution in [1.82, 2.24) is 20.3 Å². The highest BCUT2D eigenvalue weighted by Crippen LogP contribution is 2.38. The highest BCUT2D eigenvalue weighted by Gasteiger charge is 2.26. The molecule has 3 aromatic rings. The Labute approximate surface area is 169 Å². The molecular formula is C23H24FN5. The van der Waals surface area contributed by atoms with Gasteiger partial charge in [-0.25, -0.2) is 9.07 Å². The van der Waals surface area contributed by atoms with Crippen molar-refractivity contribution in [3.63, 3.8) is 0 Å². The van der Waals surface area contributed by atoms with Crippen LogP contribution in [0.1, 0.15) is 35.7 Å². The average Bonchev–Trinajstić information content (AvgIpc) is 3.03. The summed E-state index contributed by atoms with van der Waals surface area (Å²) < 4.78 is 15.7. The molecule has 2 N–H and O–H groups in total. The molecule has 1 aromatic heterocycles. The molecule has 0 amide bonds. The molecule has 0 radical (unpaired) electrons. The summed E-state index contributed by atoms with van der Waals surface area (Å²) in [5.41, 5.74) is 7.81. The quantitative estimate of drug-likeness (QED) is 0.700. The van der Waals surface area contributed by atoms with Gasteiger partial charge in [-0.2, -0.15) is 0 Å². The first kappa shape index (κ1) is 18.1. The molecule has 0 spiro atoms. The number of benzene rings is 2. The smallest absolute Gasteiger partial charge is 0.125 e. The Hall–Kier alpha value is -2.99. The normalized spacial score (nSPS) is 18.4. The van der Waals surface area contributed by atoms with Gasteiger partial charge in [-0.1, -0.05) is 29.5 Å². The van der Waals surface area contributed by atoms with Crippen LogP contribution in [0.4, 0.5) is 10.1 Å². The molecule has 2 aliphatic rings. The van der Waals surface area contributed by atoms with Gasteiger partial charge in [-0.15, -0.1) is 5.10 Å². The first-order valence-corrected chi connectivity index (χ1v) is 10.2. The lowest BCUT2D eigenvalue weighted by Crippen LogP contribution is -2.20. The Bertz CT molecular complexity index is 1080. The summed E-state index contributed by atoms with van der Waals surface area (Å²) in [7, 11) is 0. The molecule has 2 aliphatic heterocycles. The van der Waals surface area contributed by atoms with Crippen LogP contribution in [0.2, 0.25) is 0 Å². The first-order chi connectivity index (χ1) is 14.2. The van der Waals surface area contributed by atoms with E-state index in [2.05, 4.69) is 45.2 Å². The highest BCUT2D eigenvalue weighted by atomic mass is 19.1. The van der Waals surface area contributed by atoms with E-state index < -0.39 is 0 Å². The number of aryl methyl sites for hydroxylation is 2. The van der Waals surface area contributed by atoms with E-state index >= 15 is 0 Å². The molecule has 5 rings (SSSR count). The van der Waals surface area contributed by atoms with E-state index in [0.717, 1.165) is 55.1 Å². The zero-order valence-electron chi connectivity index (χ0n) is 16.5. The summed E-state index contributed by atoms with van der Waals surface area (Å²) in [6.07, 6.45) is 4.15. The van der Waals surface area contributed by atoms with Gasteiger partial charge in [0.25, 0.3) is 0 Å². The number of nitrogens with zero attached hydrogens (tertiary/aromatic N) is 3. The van der Waals surface area contributed by atoms with Crippen LogP contribution in [-0.2, 0) is 6.54 Å². The summed E-state index contributed by atoms with van der Waals surface area (Å²) in [6, 6.07) is 13.4. The van der Waals surface area contributed by atoms with Crippen LogP contribution >= 0.6 is 0 Å². The minimum absolute atomic E-state index is 0.0650. The van der Waals surface area contributed by atoms with Gasteiger partial charge >= 0.3 is 0 Å². The van der Waals surface area contributed by atoms with Crippen molar-refractivity contribution in [2.24, 2.45) is 0 Å². The van der Waals surface area contributed by atoms with Crippen LogP contribution in [0.25, 0.3) is 16.8 Å². The number of aromatic nitrogens is 3. The number of rotatable bonds is 3. The van der Waals surface area contributed by atoms with Gasteiger partial charge in [0.15, 0.2) is 0 Å². The number of fused-ring (bicyclic) bond motifs is 3. The van der Waals surface area contributed by atoms with Crippen molar-refractivity contribution in [3.05, 3.63) is 71.2 Å². The van der Waals surface area contributed by atoms with Gasteiger partial charge in [0.2, 0.25) is 0 Å². The molecule has 2 aromatic carbocycles. The molecule has 0 bridgehead atoms. The number of hydrogen-bond donors (Lipinski definition) is 2.